The van der Waals surface area contributed by atoms with Gasteiger partial charge in [-0.3, -0.25) is 9.88 Å². The molecule has 3 rings (SSSR count). The van der Waals surface area contributed by atoms with Crippen LogP contribution in [-0.4, -0.2) is 30.6 Å². The van der Waals surface area contributed by atoms with Gasteiger partial charge in [0.15, 0.2) is 0 Å². The van der Waals surface area contributed by atoms with Gasteiger partial charge in [-0.1, -0.05) is 30.3 Å². The summed E-state index contributed by atoms with van der Waals surface area (Å²) in [7, 11) is 3.40. The van der Waals surface area contributed by atoms with Crippen molar-refractivity contribution < 1.29 is 9.47 Å². The van der Waals surface area contributed by atoms with Gasteiger partial charge >= 0.3 is 0 Å². The zero-order valence-corrected chi connectivity index (χ0v) is 16.0. The molecule has 4 heteroatoms. The van der Waals surface area contributed by atoms with E-state index < -0.39 is 0 Å². The number of methoxy groups -OCH3 is 2. The second-order valence-corrected chi connectivity index (χ2v) is 6.48. The first-order valence-electron chi connectivity index (χ1n) is 9.14. The van der Waals surface area contributed by atoms with Crippen LogP contribution < -0.4 is 9.47 Å². The quantitative estimate of drug-likeness (QED) is 0.567. The Morgan fingerprint density at radius 1 is 0.815 bits per heavy atom. The van der Waals surface area contributed by atoms with E-state index in [-0.39, 0.29) is 0 Å². The second-order valence-electron chi connectivity index (χ2n) is 6.48. The first-order chi connectivity index (χ1) is 13.3. The largest absolute Gasteiger partial charge is 0.497 e. The molecule has 140 valence electrons. The van der Waals surface area contributed by atoms with Crippen LogP contribution in [0.2, 0.25) is 0 Å². The van der Waals surface area contributed by atoms with Gasteiger partial charge in [0.25, 0.3) is 0 Å². The van der Waals surface area contributed by atoms with Gasteiger partial charge in [0.2, 0.25) is 0 Å². The Kier molecular flexibility index (Phi) is 6.83. The summed E-state index contributed by atoms with van der Waals surface area (Å²) >= 11 is 0. The molecule has 0 N–H and O–H groups in total. The lowest BCUT2D eigenvalue weighted by Gasteiger charge is -2.24. The fourth-order valence-corrected chi connectivity index (χ4v) is 3.14. The molecule has 0 spiro atoms. The normalized spacial score (nSPS) is 10.8. The van der Waals surface area contributed by atoms with Crippen LogP contribution in [0.3, 0.4) is 0 Å². The monoisotopic (exact) mass is 362 g/mol. The van der Waals surface area contributed by atoms with E-state index in [2.05, 4.69) is 58.4 Å². The lowest BCUT2D eigenvalue weighted by atomic mass is 10.1. The summed E-state index contributed by atoms with van der Waals surface area (Å²) in [5, 5.41) is 0. The van der Waals surface area contributed by atoms with Crippen molar-refractivity contribution in [3.05, 3.63) is 89.7 Å². The van der Waals surface area contributed by atoms with Crippen LogP contribution in [-0.2, 0) is 19.5 Å². The first-order valence-corrected chi connectivity index (χ1v) is 9.14. The highest BCUT2D eigenvalue weighted by Gasteiger charge is 2.12. The minimum Gasteiger partial charge on any atom is -0.497 e. The number of aromatic nitrogens is 1. The zero-order valence-electron chi connectivity index (χ0n) is 16.0. The number of hydrogen-bond acceptors (Lipinski definition) is 4. The van der Waals surface area contributed by atoms with E-state index in [4.69, 9.17) is 9.47 Å². The van der Waals surface area contributed by atoms with Crippen LogP contribution in [0, 0.1) is 0 Å². The maximum absolute atomic E-state index is 5.57. The molecule has 0 bridgehead atoms. The first kappa shape index (κ1) is 18.9. The van der Waals surface area contributed by atoms with Crippen molar-refractivity contribution in [3.63, 3.8) is 0 Å². The van der Waals surface area contributed by atoms with E-state index in [0.29, 0.717) is 0 Å². The summed E-state index contributed by atoms with van der Waals surface area (Å²) in [6, 6.07) is 20.7. The van der Waals surface area contributed by atoms with Gasteiger partial charge < -0.3 is 9.47 Å². The number of rotatable bonds is 9. The number of ether oxygens (including phenoxy) is 2. The van der Waals surface area contributed by atoms with Crippen molar-refractivity contribution >= 4 is 0 Å². The molecule has 0 aliphatic carbocycles. The Hall–Kier alpha value is -2.85. The number of hydrogen-bond donors (Lipinski definition) is 0. The van der Waals surface area contributed by atoms with Crippen LogP contribution in [0.5, 0.6) is 11.5 Å². The van der Waals surface area contributed by atoms with Gasteiger partial charge in [0.05, 0.1) is 14.2 Å². The summed E-state index contributed by atoms with van der Waals surface area (Å²) in [5.41, 5.74) is 3.72. The van der Waals surface area contributed by atoms with Crippen molar-refractivity contribution in [2.24, 2.45) is 0 Å². The lowest BCUT2D eigenvalue weighted by Crippen LogP contribution is -2.25. The molecule has 27 heavy (non-hydrogen) atoms. The Morgan fingerprint density at radius 3 is 2.30 bits per heavy atom. The molecule has 3 aromatic rings. The minimum atomic E-state index is 0.787. The fourth-order valence-electron chi connectivity index (χ4n) is 3.14. The smallest absolute Gasteiger partial charge is 0.123 e. The van der Waals surface area contributed by atoms with Gasteiger partial charge in [-0.15, -0.1) is 0 Å². The SMILES string of the molecule is COc1ccc(OC)c(CN(CCc2ccccc2)Cc2ccncc2)c1. The van der Waals surface area contributed by atoms with E-state index in [1.807, 2.05) is 24.5 Å². The van der Waals surface area contributed by atoms with E-state index >= 15 is 0 Å². The molecule has 0 atom stereocenters. The topological polar surface area (TPSA) is 34.6 Å². The molecule has 0 aliphatic heterocycles. The average molecular weight is 362 g/mol. The van der Waals surface area contributed by atoms with Crippen LogP contribution in [0.25, 0.3) is 0 Å². The van der Waals surface area contributed by atoms with Crippen molar-refractivity contribution in [1.82, 2.24) is 9.88 Å². The summed E-state index contributed by atoms with van der Waals surface area (Å²) in [6.07, 6.45) is 4.69. The highest BCUT2D eigenvalue weighted by molar-refractivity contribution is 5.40. The Balaban J connectivity index is 1.78. The molecule has 2 aromatic carbocycles. The number of benzene rings is 2. The van der Waals surface area contributed by atoms with Crippen molar-refractivity contribution in [1.29, 1.82) is 0 Å². The molecule has 0 saturated carbocycles. The predicted molar refractivity (Wildman–Crippen MR) is 108 cm³/mol. The zero-order chi connectivity index (χ0) is 18.9. The van der Waals surface area contributed by atoms with Crippen LogP contribution in [0.15, 0.2) is 73.1 Å². The molecule has 0 unspecified atom stereocenters. The fraction of sp³-hybridized carbons (Fsp3) is 0.261. The van der Waals surface area contributed by atoms with E-state index in [0.717, 1.165) is 43.1 Å². The van der Waals surface area contributed by atoms with Crippen LogP contribution in [0.1, 0.15) is 16.7 Å². The second kappa shape index (κ2) is 9.74. The molecule has 1 heterocycles. The summed E-state index contributed by atoms with van der Waals surface area (Å²) < 4.78 is 11.0. The lowest BCUT2D eigenvalue weighted by molar-refractivity contribution is 0.255. The van der Waals surface area contributed by atoms with Gasteiger partial charge in [-0.05, 0) is 47.9 Å². The molecule has 0 aliphatic rings. The summed E-state index contributed by atoms with van der Waals surface area (Å²) in [4.78, 5) is 6.56. The Labute approximate surface area is 161 Å². The highest BCUT2D eigenvalue weighted by atomic mass is 16.5. The molecule has 0 fully saturated rings. The maximum Gasteiger partial charge on any atom is 0.123 e. The minimum absolute atomic E-state index is 0.787. The molecular weight excluding hydrogens is 336 g/mol. The standard InChI is InChI=1S/C23H26N2O2/c1-26-22-8-9-23(27-2)21(16-22)18-25(17-20-10-13-24-14-11-20)15-12-19-6-4-3-5-7-19/h3-11,13-14,16H,12,15,17-18H2,1-2H3. The highest BCUT2D eigenvalue weighted by Crippen LogP contribution is 2.26. The summed E-state index contributed by atoms with van der Waals surface area (Å²) in [5.74, 6) is 1.73. The Bertz CT molecular complexity index is 822. The number of pyridine rings is 1. The third-order valence-corrected chi connectivity index (χ3v) is 4.60. The third kappa shape index (κ3) is 5.56. The van der Waals surface area contributed by atoms with Crippen molar-refractivity contribution in [2.45, 2.75) is 19.5 Å². The molecule has 4 nitrogen and oxygen atoms in total. The third-order valence-electron chi connectivity index (χ3n) is 4.60. The van der Waals surface area contributed by atoms with Crippen molar-refractivity contribution in [3.8, 4) is 11.5 Å². The van der Waals surface area contributed by atoms with Crippen LogP contribution >= 0.6 is 0 Å². The van der Waals surface area contributed by atoms with Gasteiger partial charge in [-0.2, -0.15) is 0 Å². The molecular formula is C23H26N2O2. The van der Waals surface area contributed by atoms with Crippen molar-refractivity contribution in [2.75, 3.05) is 20.8 Å². The van der Waals surface area contributed by atoms with E-state index in [1.54, 1.807) is 14.2 Å². The van der Waals surface area contributed by atoms with Gasteiger partial charge in [-0.25, -0.2) is 0 Å². The molecule has 0 radical (unpaired) electrons. The van der Waals surface area contributed by atoms with E-state index in [9.17, 15) is 0 Å². The average Bonchev–Trinajstić information content (AvgIpc) is 2.73. The predicted octanol–water partition coefficient (Wildman–Crippen LogP) is 4.34. The Morgan fingerprint density at radius 2 is 1.59 bits per heavy atom. The molecule has 0 saturated heterocycles. The van der Waals surface area contributed by atoms with Crippen LogP contribution in [0.4, 0.5) is 0 Å². The van der Waals surface area contributed by atoms with Gasteiger partial charge in [0, 0.05) is 37.6 Å². The summed E-state index contributed by atoms with van der Waals surface area (Å²) in [6.45, 7) is 2.60. The van der Waals surface area contributed by atoms with E-state index in [1.165, 1.54) is 11.1 Å². The maximum atomic E-state index is 5.57. The van der Waals surface area contributed by atoms with Gasteiger partial charge in [0.1, 0.15) is 11.5 Å². The molecule has 1 aromatic heterocycles. The number of nitrogens with zero attached hydrogens (tertiary/aromatic N) is 2. The molecule has 0 amide bonds.